The molecule has 2 aromatic carbocycles. The van der Waals surface area contributed by atoms with Crippen molar-refractivity contribution in [2.75, 3.05) is 27.2 Å². The number of nitrogens with zero attached hydrogens (tertiary/aromatic N) is 1. The Morgan fingerprint density at radius 2 is 1.92 bits per heavy atom. The lowest BCUT2D eigenvalue weighted by molar-refractivity contribution is 0.00667. The molecule has 192 valence electrons. The zero-order valence-corrected chi connectivity index (χ0v) is 21.8. The quantitative estimate of drug-likeness (QED) is 0.556. The molecule has 1 saturated heterocycles. The number of piperidine rings is 1. The van der Waals surface area contributed by atoms with E-state index in [-0.39, 0.29) is 17.7 Å². The summed E-state index contributed by atoms with van der Waals surface area (Å²) in [7, 11) is 3.74. The lowest BCUT2D eigenvalue weighted by atomic mass is 10.0. The molecule has 0 aliphatic carbocycles. The molecule has 0 spiro atoms. The van der Waals surface area contributed by atoms with Crippen LogP contribution in [0.4, 0.5) is 0 Å². The minimum Gasteiger partial charge on any atom is -0.496 e. The smallest absolute Gasteiger partial charge is 0.255 e. The molecule has 2 N–H and O–H groups in total. The maximum atomic E-state index is 13.0. The van der Waals surface area contributed by atoms with Crippen LogP contribution in [-0.4, -0.2) is 55.6 Å². The maximum Gasteiger partial charge on any atom is 0.255 e. The molecule has 0 bridgehead atoms. The number of aliphatic hydroxyl groups excluding tert-OH is 1. The lowest BCUT2D eigenvalue weighted by Gasteiger charge is -2.31. The summed E-state index contributed by atoms with van der Waals surface area (Å²) in [5.74, 6) is 1.73. The molecule has 0 aromatic heterocycles. The molecule has 1 unspecified atom stereocenters. The monoisotopic (exact) mass is 492 g/mol. The van der Waals surface area contributed by atoms with E-state index in [1.807, 2.05) is 39.0 Å². The van der Waals surface area contributed by atoms with E-state index in [2.05, 4.69) is 23.3 Å². The molecule has 2 aromatic rings. The molecule has 0 radical (unpaired) electrons. The van der Waals surface area contributed by atoms with Crippen molar-refractivity contribution in [1.82, 2.24) is 10.2 Å². The van der Waals surface area contributed by atoms with Crippen molar-refractivity contribution < 1.29 is 24.1 Å². The van der Waals surface area contributed by atoms with Crippen LogP contribution in [0, 0.1) is 6.92 Å². The number of carbonyl (C=O) groups excluding carboxylic acids is 1. The minimum absolute atomic E-state index is 0.169. The maximum absolute atomic E-state index is 13.0. The SMILES string of the molecule is COc1ccc(C(=O)NC2=Cc3ccc(OC4CCN(C)CC4)c(C)c3OC2O)cc1CC=C(C)C. The number of aliphatic hydroxyl groups is 1. The molecule has 4 rings (SSSR count). The summed E-state index contributed by atoms with van der Waals surface area (Å²) < 4.78 is 17.5. The number of methoxy groups -OCH3 is 1. The topological polar surface area (TPSA) is 80.3 Å². The highest BCUT2D eigenvalue weighted by Crippen LogP contribution is 2.37. The van der Waals surface area contributed by atoms with Crippen LogP contribution >= 0.6 is 0 Å². The second-order valence-corrected chi connectivity index (χ2v) is 9.76. The average molecular weight is 493 g/mol. The van der Waals surface area contributed by atoms with Gasteiger partial charge in [-0.2, -0.15) is 0 Å². The number of carbonyl (C=O) groups is 1. The minimum atomic E-state index is -1.29. The Balaban J connectivity index is 1.51. The van der Waals surface area contributed by atoms with Crippen molar-refractivity contribution in [3.63, 3.8) is 0 Å². The fraction of sp³-hybridized carbons (Fsp3) is 0.414. The van der Waals surface area contributed by atoms with Crippen LogP contribution in [0.2, 0.25) is 0 Å². The Morgan fingerprint density at radius 1 is 1.19 bits per heavy atom. The number of likely N-dealkylation sites (tertiary alicyclic amines) is 1. The fourth-order valence-electron chi connectivity index (χ4n) is 4.48. The van der Waals surface area contributed by atoms with Gasteiger partial charge >= 0.3 is 0 Å². The van der Waals surface area contributed by atoms with E-state index in [4.69, 9.17) is 14.2 Å². The number of fused-ring (bicyclic) bond motifs is 1. The highest BCUT2D eigenvalue weighted by Gasteiger charge is 2.26. The number of allylic oxidation sites excluding steroid dienone is 2. The van der Waals surface area contributed by atoms with Crippen molar-refractivity contribution in [2.45, 2.75) is 52.4 Å². The second-order valence-electron chi connectivity index (χ2n) is 9.76. The first-order chi connectivity index (χ1) is 17.2. The molecule has 7 heteroatoms. The van der Waals surface area contributed by atoms with Gasteiger partial charge in [0.2, 0.25) is 6.29 Å². The highest BCUT2D eigenvalue weighted by molar-refractivity contribution is 5.96. The summed E-state index contributed by atoms with van der Waals surface area (Å²) in [4.78, 5) is 15.3. The molecule has 1 amide bonds. The normalized spacial score (nSPS) is 17.9. The van der Waals surface area contributed by atoms with Gasteiger partial charge in [0.25, 0.3) is 5.91 Å². The van der Waals surface area contributed by atoms with Gasteiger partial charge in [-0.1, -0.05) is 11.6 Å². The molecule has 2 aliphatic rings. The Bertz CT molecular complexity index is 1170. The van der Waals surface area contributed by atoms with Crippen LogP contribution in [0.15, 0.2) is 47.7 Å². The number of rotatable bonds is 7. The summed E-state index contributed by atoms with van der Waals surface area (Å²) in [5, 5.41) is 13.5. The standard InChI is InChI=1S/C29H36N2O5/c1-18(2)6-7-20-16-22(9-11-26(20)34-5)28(32)30-24-17-21-8-10-25(19(3)27(21)36-29(24)33)35-23-12-14-31(4)15-13-23/h6,8-11,16-17,23,29,33H,7,12-15H2,1-5H3,(H,30,32). The van der Waals surface area contributed by atoms with Crippen molar-refractivity contribution in [2.24, 2.45) is 0 Å². The van der Waals surface area contributed by atoms with Crippen molar-refractivity contribution >= 4 is 12.0 Å². The molecular weight excluding hydrogens is 456 g/mol. The predicted molar refractivity (Wildman–Crippen MR) is 141 cm³/mol. The zero-order valence-electron chi connectivity index (χ0n) is 21.8. The Hall–Kier alpha value is -3.29. The fourth-order valence-corrected chi connectivity index (χ4v) is 4.48. The van der Waals surface area contributed by atoms with Crippen LogP contribution in [0.3, 0.4) is 0 Å². The third kappa shape index (κ3) is 5.91. The summed E-state index contributed by atoms with van der Waals surface area (Å²) in [6, 6.07) is 9.14. The number of hydrogen-bond donors (Lipinski definition) is 2. The van der Waals surface area contributed by atoms with Gasteiger partial charge in [-0.3, -0.25) is 4.79 Å². The number of nitrogens with one attached hydrogen (secondary N) is 1. The third-order valence-electron chi connectivity index (χ3n) is 6.68. The molecule has 36 heavy (non-hydrogen) atoms. The summed E-state index contributed by atoms with van der Waals surface area (Å²) in [6.45, 7) is 8.02. The highest BCUT2D eigenvalue weighted by atomic mass is 16.6. The summed E-state index contributed by atoms with van der Waals surface area (Å²) >= 11 is 0. The third-order valence-corrected chi connectivity index (χ3v) is 6.68. The molecule has 0 saturated carbocycles. The van der Waals surface area contributed by atoms with E-state index >= 15 is 0 Å². The van der Waals surface area contributed by atoms with E-state index in [1.54, 1.807) is 25.3 Å². The first kappa shape index (κ1) is 25.8. The van der Waals surface area contributed by atoms with E-state index in [1.165, 1.54) is 5.57 Å². The zero-order chi connectivity index (χ0) is 25.8. The Morgan fingerprint density at radius 3 is 2.61 bits per heavy atom. The van der Waals surface area contributed by atoms with Gasteiger partial charge in [0.15, 0.2) is 0 Å². The van der Waals surface area contributed by atoms with E-state index in [0.717, 1.165) is 54.1 Å². The van der Waals surface area contributed by atoms with Gasteiger partial charge in [0.1, 0.15) is 23.4 Å². The average Bonchev–Trinajstić information content (AvgIpc) is 2.86. The lowest BCUT2D eigenvalue weighted by Crippen LogP contribution is -2.36. The van der Waals surface area contributed by atoms with Crippen LogP contribution in [0.5, 0.6) is 17.2 Å². The van der Waals surface area contributed by atoms with Gasteiger partial charge in [0.05, 0.1) is 12.8 Å². The number of ether oxygens (including phenoxy) is 3. The molecule has 2 heterocycles. The van der Waals surface area contributed by atoms with Crippen molar-refractivity contribution in [3.8, 4) is 17.2 Å². The number of benzene rings is 2. The van der Waals surface area contributed by atoms with Gasteiger partial charge in [-0.25, -0.2) is 0 Å². The van der Waals surface area contributed by atoms with E-state index in [9.17, 15) is 9.90 Å². The molecular formula is C29H36N2O5. The second kappa shape index (κ2) is 11.2. The van der Waals surface area contributed by atoms with Crippen molar-refractivity contribution in [1.29, 1.82) is 0 Å². The van der Waals surface area contributed by atoms with Gasteiger partial charge in [0, 0.05) is 29.8 Å². The van der Waals surface area contributed by atoms with Crippen LogP contribution in [0.25, 0.3) is 6.08 Å². The Kier molecular flexibility index (Phi) is 8.01. The van der Waals surface area contributed by atoms with E-state index in [0.29, 0.717) is 17.7 Å². The molecule has 2 aliphatic heterocycles. The van der Waals surface area contributed by atoms with Crippen LogP contribution in [0.1, 0.15) is 53.7 Å². The summed E-state index contributed by atoms with van der Waals surface area (Å²) in [6.07, 6.45) is 5.34. The Labute approximate surface area is 213 Å². The first-order valence-corrected chi connectivity index (χ1v) is 12.4. The van der Waals surface area contributed by atoms with Crippen LogP contribution in [-0.2, 0) is 6.42 Å². The number of amides is 1. The van der Waals surface area contributed by atoms with Crippen molar-refractivity contribution in [3.05, 3.63) is 69.9 Å². The first-order valence-electron chi connectivity index (χ1n) is 12.4. The molecule has 7 nitrogen and oxygen atoms in total. The van der Waals surface area contributed by atoms with Gasteiger partial charge in [-0.15, -0.1) is 0 Å². The largest absolute Gasteiger partial charge is 0.496 e. The van der Waals surface area contributed by atoms with Gasteiger partial charge in [-0.05, 0) is 89.1 Å². The predicted octanol–water partition coefficient (Wildman–Crippen LogP) is 4.47. The molecule has 1 atom stereocenters. The van der Waals surface area contributed by atoms with Gasteiger partial charge < -0.3 is 29.5 Å². The number of hydrogen-bond acceptors (Lipinski definition) is 6. The van der Waals surface area contributed by atoms with E-state index < -0.39 is 6.29 Å². The van der Waals surface area contributed by atoms with Crippen LogP contribution < -0.4 is 19.5 Å². The molecule has 1 fully saturated rings. The summed E-state index contributed by atoms with van der Waals surface area (Å²) in [5.41, 5.74) is 4.49.